The van der Waals surface area contributed by atoms with Gasteiger partial charge in [0, 0.05) is 18.7 Å². The zero-order chi connectivity index (χ0) is 26.1. The predicted molar refractivity (Wildman–Crippen MR) is 121 cm³/mol. The molecule has 2 aromatic carbocycles. The van der Waals surface area contributed by atoms with Crippen molar-refractivity contribution >= 4 is 28.4 Å². The quantitative estimate of drug-likeness (QED) is 0.229. The van der Waals surface area contributed by atoms with Gasteiger partial charge < -0.3 is 15.8 Å². The van der Waals surface area contributed by atoms with Gasteiger partial charge in [0.15, 0.2) is 46.2 Å². The first-order chi connectivity index (χ1) is 17.1. The largest absolute Gasteiger partial charge is 0.461 e. The van der Waals surface area contributed by atoms with Crippen LogP contribution in [-0.4, -0.2) is 22.1 Å². The lowest BCUT2D eigenvalue weighted by Crippen LogP contribution is -2.23. The number of pyridine rings is 2. The summed E-state index contributed by atoms with van der Waals surface area (Å²) in [7, 11) is 0. The van der Waals surface area contributed by atoms with Crippen LogP contribution in [0.25, 0.3) is 16.7 Å². The number of nitrogens with zero attached hydrogens (tertiary/aromatic N) is 2. The van der Waals surface area contributed by atoms with Crippen LogP contribution in [0, 0.1) is 29.1 Å². The number of nitrogen functional groups attached to an aromatic ring is 1. The van der Waals surface area contributed by atoms with Gasteiger partial charge in [-0.15, -0.1) is 0 Å². The second-order valence-corrected chi connectivity index (χ2v) is 7.49. The molecule has 3 N–H and O–H groups in total. The van der Waals surface area contributed by atoms with E-state index in [1.165, 1.54) is 6.92 Å². The molecular formula is C24H17F5N4O3. The zero-order valence-electron chi connectivity index (χ0n) is 18.5. The van der Waals surface area contributed by atoms with Gasteiger partial charge in [0.05, 0.1) is 17.7 Å². The molecule has 7 nitrogen and oxygen atoms in total. The number of benzene rings is 2. The second-order valence-electron chi connectivity index (χ2n) is 7.49. The van der Waals surface area contributed by atoms with Gasteiger partial charge in [-0.25, -0.2) is 31.7 Å². The molecule has 0 spiro atoms. The molecule has 0 saturated carbocycles. The number of anilines is 2. The highest BCUT2D eigenvalue weighted by atomic mass is 19.2. The van der Waals surface area contributed by atoms with E-state index in [4.69, 9.17) is 10.5 Å². The second kappa shape index (κ2) is 9.64. The standard InChI is InChI=1S/C24H17F5N4O3/c1-2-36-24(35)14-9-15(34)16-20(31-10-11-6-4-3-5-7-11)18(28)17(27)19(29)21(16)33(14)23-13(26)8-12(25)22(30)32-23/h3-9,31H,2,10H2,1H3,(H2,30,32). The van der Waals surface area contributed by atoms with E-state index >= 15 is 4.39 Å². The molecule has 4 rings (SSSR count). The third kappa shape index (κ3) is 4.21. The maximum absolute atomic E-state index is 15.3. The Morgan fingerprint density at radius 3 is 2.39 bits per heavy atom. The Morgan fingerprint density at radius 1 is 1.03 bits per heavy atom. The first-order valence-electron chi connectivity index (χ1n) is 10.5. The zero-order valence-corrected chi connectivity index (χ0v) is 18.5. The fourth-order valence-corrected chi connectivity index (χ4v) is 3.63. The lowest BCUT2D eigenvalue weighted by atomic mass is 10.1. The van der Waals surface area contributed by atoms with Gasteiger partial charge in [-0.05, 0) is 12.5 Å². The summed E-state index contributed by atoms with van der Waals surface area (Å²) >= 11 is 0. The lowest BCUT2D eigenvalue weighted by molar-refractivity contribution is 0.0516. The molecular weight excluding hydrogens is 487 g/mol. The van der Waals surface area contributed by atoms with Crippen LogP contribution in [0.1, 0.15) is 23.0 Å². The highest BCUT2D eigenvalue weighted by Gasteiger charge is 2.30. The number of aromatic nitrogens is 2. The minimum atomic E-state index is -2.01. The van der Waals surface area contributed by atoms with Gasteiger partial charge in [0.2, 0.25) is 0 Å². The molecule has 0 aliphatic heterocycles. The number of fused-ring (bicyclic) bond motifs is 1. The molecule has 0 saturated heterocycles. The molecule has 36 heavy (non-hydrogen) atoms. The topological polar surface area (TPSA) is 99.2 Å². The van der Waals surface area contributed by atoms with E-state index in [9.17, 15) is 27.2 Å². The van der Waals surface area contributed by atoms with Crippen molar-refractivity contribution in [2.75, 3.05) is 17.7 Å². The van der Waals surface area contributed by atoms with Crippen molar-refractivity contribution in [3.63, 3.8) is 0 Å². The number of halogens is 5. The molecule has 0 unspecified atom stereocenters. The normalized spacial score (nSPS) is 11.1. The van der Waals surface area contributed by atoms with Gasteiger partial charge in [0.25, 0.3) is 0 Å². The van der Waals surface area contributed by atoms with Crippen molar-refractivity contribution in [1.29, 1.82) is 0 Å². The van der Waals surface area contributed by atoms with Crippen molar-refractivity contribution in [1.82, 2.24) is 9.55 Å². The first-order valence-corrected chi connectivity index (χ1v) is 10.5. The van der Waals surface area contributed by atoms with Crippen LogP contribution >= 0.6 is 0 Å². The Bertz CT molecular complexity index is 1560. The average molecular weight is 504 g/mol. The first kappa shape index (κ1) is 24.6. The molecule has 0 atom stereocenters. The highest BCUT2D eigenvalue weighted by Crippen LogP contribution is 2.33. The number of carbonyl (C=O) groups excluding carboxylic acids is 1. The molecule has 0 bridgehead atoms. The number of hydrogen-bond donors (Lipinski definition) is 2. The summed E-state index contributed by atoms with van der Waals surface area (Å²) in [6.07, 6.45) is 0. The van der Waals surface area contributed by atoms with Crippen LogP contribution in [0.2, 0.25) is 0 Å². The van der Waals surface area contributed by atoms with E-state index in [2.05, 4.69) is 10.3 Å². The number of nitrogens with one attached hydrogen (secondary N) is 1. The maximum atomic E-state index is 15.3. The Morgan fingerprint density at radius 2 is 1.72 bits per heavy atom. The van der Waals surface area contributed by atoms with Gasteiger partial charge in [-0.3, -0.25) is 9.36 Å². The van der Waals surface area contributed by atoms with E-state index in [1.54, 1.807) is 30.3 Å². The number of rotatable bonds is 6. The van der Waals surface area contributed by atoms with Gasteiger partial charge in [-0.2, -0.15) is 0 Å². The number of ether oxygens (including phenoxy) is 1. The van der Waals surface area contributed by atoms with Crippen molar-refractivity contribution in [2.45, 2.75) is 13.5 Å². The van der Waals surface area contributed by atoms with Gasteiger partial charge in [-0.1, -0.05) is 30.3 Å². The molecule has 0 aliphatic carbocycles. The third-order valence-electron chi connectivity index (χ3n) is 5.22. The minimum Gasteiger partial charge on any atom is -0.461 e. The van der Waals surface area contributed by atoms with Crippen LogP contribution in [0.4, 0.5) is 33.5 Å². The third-order valence-corrected chi connectivity index (χ3v) is 5.22. The Balaban J connectivity index is 2.12. The monoisotopic (exact) mass is 504 g/mol. The summed E-state index contributed by atoms with van der Waals surface area (Å²) < 4.78 is 78.8. The number of nitrogens with two attached hydrogens (primary N) is 1. The summed E-state index contributed by atoms with van der Waals surface area (Å²) in [6.45, 7) is 1.13. The van der Waals surface area contributed by atoms with Gasteiger partial charge >= 0.3 is 5.97 Å². The van der Waals surface area contributed by atoms with Crippen LogP contribution in [0.15, 0.2) is 47.3 Å². The van der Waals surface area contributed by atoms with E-state index < -0.39 is 74.4 Å². The van der Waals surface area contributed by atoms with Crippen molar-refractivity contribution in [2.24, 2.45) is 0 Å². The average Bonchev–Trinajstić information content (AvgIpc) is 2.85. The fraction of sp³-hybridized carbons (Fsp3) is 0.125. The van der Waals surface area contributed by atoms with Crippen LogP contribution < -0.4 is 16.5 Å². The molecule has 0 fully saturated rings. The number of carbonyl (C=O) groups is 1. The molecule has 2 heterocycles. The molecule has 186 valence electrons. The van der Waals surface area contributed by atoms with Crippen molar-refractivity contribution in [3.8, 4) is 5.82 Å². The number of esters is 1. The molecule has 0 radical (unpaired) electrons. The van der Waals surface area contributed by atoms with Crippen LogP contribution in [-0.2, 0) is 11.3 Å². The highest BCUT2D eigenvalue weighted by molar-refractivity contribution is 5.98. The molecule has 2 aromatic heterocycles. The van der Waals surface area contributed by atoms with E-state index in [1.807, 2.05) is 0 Å². The van der Waals surface area contributed by atoms with E-state index in [-0.39, 0.29) is 13.2 Å². The van der Waals surface area contributed by atoms with Crippen LogP contribution in [0.3, 0.4) is 0 Å². The van der Waals surface area contributed by atoms with Crippen LogP contribution in [0.5, 0.6) is 0 Å². The molecule has 4 aromatic rings. The van der Waals surface area contributed by atoms with Crippen molar-refractivity contribution in [3.05, 3.63) is 93.0 Å². The molecule has 0 amide bonds. The lowest BCUT2D eigenvalue weighted by Gasteiger charge is -2.19. The van der Waals surface area contributed by atoms with Crippen molar-refractivity contribution < 1.29 is 31.5 Å². The summed E-state index contributed by atoms with van der Waals surface area (Å²) in [6, 6.07) is 9.35. The van der Waals surface area contributed by atoms with E-state index in [0.29, 0.717) is 22.3 Å². The smallest absolute Gasteiger partial charge is 0.355 e. The molecule has 12 heteroatoms. The maximum Gasteiger partial charge on any atom is 0.355 e. The van der Waals surface area contributed by atoms with E-state index in [0.717, 1.165) is 0 Å². The number of hydrogen-bond acceptors (Lipinski definition) is 6. The Kier molecular flexibility index (Phi) is 6.60. The Labute approximate surface area is 199 Å². The Hall–Kier alpha value is -4.48. The summed E-state index contributed by atoms with van der Waals surface area (Å²) in [4.78, 5) is 29.2. The SMILES string of the molecule is CCOC(=O)c1cc(=O)c2c(NCc3ccccc3)c(F)c(F)c(F)c2n1-c1nc(N)c(F)cc1F. The minimum absolute atomic E-state index is 0.104. The fourth-order valence-electron chi connectivity index (χ4n) is 3.63. The molecule has 0 aliphatic rings. The summed E-state index contributed by atoms with van der Waals surface area (Å²) in [5, 5.41) is 1.81. The predicted octanol–water partition coefficient (Wildman–Crippen LogP) is 4.45. The summed E-state index contributed by atoms with van der Waals surface area (Å²) in [5.74, 6) is -11.3. The summed E-state index contributed by atoms with van der Waals surface area (Å²) in [5.41, 5.74) is 2.40. The van der Waals surface area contributed by atoms with Gasteiger partial charge in [0.1, 0.15) is 11.2 Å².